The van der Waals surface area contributed by atoms with Gasteiger partial charge >= 0.3 is 6.18 Å². The number of pyridine rings is 2. The van der Waals surface area contributed by atoms with Crippen molar-refractivity contribution < 1.29 is 22.6 Å². The Hall–Kier alpha value is -3.88. The third kappa shape index (κ3) is 4.72. The summed E-state index contributed by atoms with van der Waals surface area (Å²) in [6.45, 7) is 2.29. The number of halogens is 3. The number of nitrogens with one attached hydrogen (secondary N) is 1. The minimum Gasteiger partial charge on any atom is -0.496 e. The van der Waals surface area contributed by atoms with Gasteiger partial charge in [0.2, 0.25) is 0 Å². The van der Waals surface area contributed by atoms with Crippen molar-refractivity contribution in [2.24, 2.45) is 0 Å². The van der Waals surface area contributed by atoms with Gasteiger partial charge in [-0.1, -0.05) is 6.07 Å². The van der Waals surface area contributed by atoms with Gasteiger partial charge in [0.15, 0.2) is 0 Å². The van der Waals surface area contributed by atoms with Gasteiger partial charge in [-0.25, -0.2) is 4.98 Å². The van der Waals surface area contributed by atoms with E-state index in [0.29, 0.717) is 35.2 Å². The topological polar surface area (TPSA) is 72.9 Å². The van der Waals surface area contributed by atoms with Gasteiger partial charge in [0, 0.05) is 29.6 Å². The van der Waals surface area contributed by atoms with Crippen molar-refractivity contribution in [2.75, 3.05) is 7.11 Å². The van der Waals surface area contributed by atoms with Gasteiger partial charge in [0.1, 0.15) is 29.6 Å². The second kappa shape index (κ2) is 8.70. The molecule has 3 aromatic heterocycles. The highest BCUT2D eigenvalue weighted by Crippen LogP contribution is 2.34. The first-order valence-electron chi connectivity index (χ1n) is 9.65. The predicted molar refractivity (Wildman–Crippen MR) is 112 cm³/mol. The van der Waals surface area contributed by atoms with Crippen molar-refractivity contribution in [3.8, 4) is 34.1 Å². The van der Waals surface area contributed by atoms with E-state index in [2.05, 4.69) is 19.9 Å². The van der Waals surface area contributed by atoms with E-state index in [-0.39, 0.29) is 0 Å². The Morgan fingerprint density at radius 1 is 0.938 bits per heavy atom. The lowest BCUT2D eigenvalue weighted by atomic mass is 10.1. The van der Waals surface area contributed by atoms with Gasteiger partial charge in [-0.05, 0) is 42.8 Å². The van der Waals surface area contributed by atoms with Crippen LogP contribution in [0.2, 0.25) is 0 Å². The first-order chi connectivity index (χ1) is 15.3. The fourth-order valence-electron chi connectivity index (χ4n) is 3.03. The normalized spacial score (nSPS) is 11.4. The lowest BCUT2D eigenvalue weighted by molar-refractivity contribution is -0.141. The van der Waals surface area contributed by atoms with Crippen LogP contribution in [0.1, 0.15) is 17.0 Å². The first-order valence-corrected chi connectivity index (χ1v) is 9.65. The van der Waals surface area contributed by atoms with Gasteiger partial charge in [-0.2, -0.15) is 13.2 Å². The molecule has 0 unspecified atom stereocenters. The minimum atomic E-state index is -4.49. The van der Waals surface area contributed by atoms with Gasteiger partial charge in [-0.3, -0.25) is 9.97 Å². The van der Waals surface area contributed by atoms with Crippen LogP contribution < -0.4 is 9.47 Å². The summed E-state index contributed by atoms with van der Waals surface area (Å²) in [4.78, 5) is 15.1. The zero-order chi connectivity index (χ0) is 22.7. The van der Waals surface area contributed by atoms with E-state index in [1.807, 2.05) is 25.1 Å². The number of nitrogens with zero attached hydrogens (tertiary/aromatic N) is 3. The molecular formula is C23H19F3N4O2. The summed E-state index contributed by atoms with van der Waals surface area (Å²) in [7, 11) is 1.54. The van der Waals surface area contributed by atoms with Crippen LogP contribution in [0.5, 0.6) is 11.5 Å². The molecule has 0 radical (unpaired) electrons. The van der Waals surface area contributed by atoms with Crippen LogP contribution >= 0.6 is 0 Å². The molecule has 4 aromatic rings. The van der Waals surface area contributed by atoms with Crippen molar-refractivity contribution in [1.29, 1.82) is 0 Å². The number of aromatic amines is 1. The highest BCUT2D eigenvalue weighted by Gasteiger charge is 2.32. The molecule has 0 aliphatic rings. The van der Waals surface area contributed by atoms with Crippen molar-refractivity contribution >= 4 is 0 Å². The molecular weight excluding hydrogens is 421 g/mol. The quantitative estimate of drug-likeness (QED) is 0.432. The second-order valence-electron chi connectivity index (χ2n) is 7.05. The van der Waals surface area contributed by atoms with Gasteiger partial charge in [-0.15, -0.1) is 0 Å². The largest absolute Gasteiger partial charge is 0.496 e. The van der Waals surface area contributed by atoms with Crippen molar-refractivity contribution in [1.82, 2.24) is 19.9 Å². The summed E-state index contributed by atoms with van der Waals surface area (Å²) < 4.78 is 49.5. The van der Waals surface area contributed by atoms with E-state index < -0.39 is 11.9 Å². The molecule has 0 atom stereocenters. The molecule has 0 saturated carbocycles. The Morgan fingerprint density at radius 3 is 2.44 bits per heavy atom. The number of H-pyrrole nitrogens is 1. The lowest BCUT2D eigenvalue weighted by Crippen LogP contribution is -2.07. The van der Waals surface area contributed by atoms with Crippen LogP contribution in [0.25, 0.3) is 22.6 Å². The molecule has 0 saturated heterocycles. The molecule has 6 nitrogen and oxygen atoms in total. The molecule has 1 aromatic carbocycles. The summed E-state index contributed by atoms with van der Waals surface area (Å²) >= 11 is 0. The van der Waals surface area contributed by atoms with Crippen molar-refractivity contribution in [2.45, 2.75) is 19.7 Å². The molecule has 0 bridgehead atoms. The number of rotatable bonds is 6. The number of methoxy groups -OCH3 is 1. The van der Waals surface area contributed by atoms with Crippen LogP contribution in [0, 0.1) is 6.92 Å². The highest BCUT2D eigenvalue weighted by atomic mass is 19.4. The Labute approximate surface area is 182 Å². The van der Waals surface area contributed by atoms with Crippen LogP contribution in [0.3, 0.4) is 0 Å². The fourth-order valence-corrected chi connectivity index (χ4v) is 3.03. The molecule has 0 spiro atoms. The summed E-state index contributed by atoms with van der Waals surface area (Å²) in [5.41, 5.74) is 2.74. The summed E-state index contributed by atoms with van der Waals surface area (Å²) in [6, 6.07) is 11.5. The fraction of sp³-hybridized carbons (Fsp3) is 0.174. The maximum atomic E-state index is 12.7. The second-order valence-corrected chi connectivity index (χ2v) is 7.05. The standard InChI is InChI=1S/C23H19F3N4O2/c1-14-3-5-16(27-10-14)13-32-17-6-7-18(20(9-17)31-2)19-12-29-22(30-19)15-4-8-21(28-11-15)23(24,25)26/h3-12H,13H2,1-2H3,(H,29,30). The molecule has 9 heteroatoms. The van der Waals surface area contributed by atoms with Crippen LogP contribution in [0.15, 0.2) is 61.1 Å². The number of hydrogen-bond donors (Lipinski definition) is 1. The molecule has 0 aliphatic carbocycles. The van der Waals surface area contributed by atoms with Crippen molar-refractivity contribution in [3.63, 3.8) is 0 Å². The Morgan fingerprint density at radius 2 is 1.78 bits per heavy atom. The maximum absolute atomic E-state index is 12.7. The minimum absolute atomic E-state index is 0.317. The van der Waals surface area contributed by atoms with E-state index >= 15 is 0 Å². The SMILES string of the molecule is COc1cc(OCc2ccc(C)cn2)ccc1-c1cnc(-c2ccc(C(F)(F)F)nc2)[nH]1. The van der Waals surface area contributed by atoms with E-state index in [0.717, 1.165) is 29.1 Å². The lowest BCUT2D eigenvalue weighted by Gasteiger charge is -2.11. The number of aromatic nitrogens is 4. The average Bonchev–Trinajstić information content (AvgIpc) is 3.28. The van der Waals surface area contributed by atoms with E-state index in [4.69, 9.17) is 9.47 Å². The highest BCUT2D eigenvalue weighted by molar-refractivity contribution is 5.70. The molecule has 32 heavy (non-hydrogen) atoms. The summed E-state index contributed by atoms with van der Waals surface area (Å²) in [5.74, 6) is 1.56. The van der Waals surface area contributed by atoms with Gasteiger partial charge in [0.25, 0.3) is 0 Å². The Kier molecular flexibility index (Phi) is 5.81. The van der Waals surface area contributed by atoms with Crippen LogP contribution in [0.4, 0.5) is 13.2 Å². The van der Waals surface area contributed by atoms with Crippen LogP contribution in [-0.4, -0.2) is 27.0 Å². The molecule has 0 amide bonds. The van der Waals surface area contributed by atoms with E-state index in [1.54, 1.807) is 31.6 Å². The number of alkyl halides is 3. The molecule has 164 valence electrons. The maximum Gasteiger partial charge on any atom is 0.433 e. The van der Waals surface area contributed by atoms with E-state index in [1.165, 1.54) is 6.07 Å². The average molecular weight is 440 g/mol. The molecule has 0 aliphatic heterocycles. The number of aryl methyl sites for hydroxylation is 1. The van der Waals surface area contributed by atoms with E-state index in [9.17, 15) is 13.2 Å². The van der Waals surface area contributed by atoms with Gasteiger partial charge < -0.3 is 14.5 Å². The first kappa shape index (κ1) is 21.4. The van der Waals surface area contributed by atoms with Crippen molar-refractivity contribution in [3.05, 3.63) is 78.0 Å². The number of ether oxygens (including phenoxy) is 2. The summed E-state index contributed by atoms with van der Waals surface area (Å²) in [5, 5.41) is 0. The zero-order valence-electron chi connectivity index (χ0n) is 17.3. The molecule has 1 N–H and O–H groups in total. The summed E-state index contributed by atoms with van der Waals surface area (Å²) in [6.07, 6.45) is 0.0181. The smallest absolute Gasteiger partial charge is 0.433 e. The van der Waals surface area contributed by atoms with Gasteiger partial charge in [0.05, 0.1) is 24.7 Å². The number of hydrogen-bond acceptors (Lipinski definition) is 5. The third-order valence-corrected chi connectivity index (χ3v) is 4.73. The van der Waals surface area contributed by atoms with Crippen LogP contribution in [-0.2, 0) is 12.8 Å². The number of benzene rings is 1. The molecule has 3 heterocycles. The Bertz CT molecular complexity index is 1200. The monoisotopic (exact) mass is 440 g/mol. The zero-order valence-corrected chi connectivity index (χ0v) is 17.3. The molecule has 4 rings (SSSR count). The number of imidazole rings is 1. The third-order valence-electron chi connectivity index (χ3n) is 4.73. The molecule has 0 fully saturated rings. The predicted octanol–water partition coefficient (Wildman–Crippen LogP) is 5.45. The Balaban J connectivity index is 1.52.